The van der Waals surface area contributed by atoms with Crippen molar-refractivity contribution in [1.29, 1.82) is 0 Å². The molecule has 2 aromatic carbocycles. The maximum Gasteiger partial charge on any atom is 0.416 e. The van der Waals surface area contributed by atoms with Crippen molar-refractivity contribution in [3.05, 3.63) is 71.4 Å². The van der Waals surface area contributed by atoms with Crippen LogP contribution in [0.2, 0.25) is 0 Å². The number of aromatic nitrogens is 2. The first-order chi connectivity index (χ1) is 12.3. The van der Waals surface area contributed by atoms with Crippen LogP contribution in [-0.2, 0) is 17.5 Å². The predicted molar refractivity (Wildman–Crippen MR) is 80.3 cm³/mol. The van der Waals surface area contributed by atoms with Crippen molar-refractivity contribution >= 4 is 5.97 Å². The topological polar surface area (TPSA) is 65.2 Å². The van der Waals surface area contributed by atoms with Crippen LogP contribution in [0.5, 0.6) is 0 Å². The zero-order chi connectivity index (χ0) is 18.7. The van der Waals surface area contributed by atoms with E-state index < -0.39 is 30.1 Å². The van der Waals surface area contributed by atoms with Crippen LogP contribution >= 0.6 is 0 Å². The molecule has 0 amide bonds. The van der Waals surface area contributed by atoms with Gasteiger partial charge in [0.25, 0.3) is 5.89 Å². The number of carbonyl (C=O) groups is 1. The molecular formula is C17H10F4N2O3. The Morgan fingerprint density at radius 2 is 1.77 bits per heavy atom. The van der Waals surface area contributed by atoms with Crippen molar-refractivity contribution in [2.24, 2.45) is 0 Å². The van der Waals surface area contributed by atoms with Gasteiger partial charge < -0.3 is 9.26 Å². The second-order valence-corrected chi connectivity index (χ2v) is 5.14. The number of rotatable bonds is 4. The van der Waals surface area contributed by atoms with Gasteiger partial charge in [0.15, 0.2) is 6.61 Å². The Kier molecular flexibility index (Phi) is 4.70. The minimum absolute atomic E-state index is 0.0377. The molecule has 0 atom stereocenters. The van der Waals surface area contributed by atoms with Gasteiger partial charge in [0.1, 0.15) is 5.82 Å². The highest BCUT2D eigenvalue weighted by Crippen LogP contribution is 2.30. The molecule has 5 nitrogen and oxygen atoms in total. The lowest BCUT2D eigenvalue weighted by atomic mass is 10.1. The number of alkyl halides is 3. The SMILES string of the molecule is O=C(OCc1nc(-c2ccc(C(F)(F)F)cc2)no1)c1ccccc1F. The number of benzene rings is 2. The number of esters is 1. The van der Waals surface area contributed by atoms with Gasteiger partial charge in [0.2, 0.25) is 5.82 Å². The van der Waals surface area contributed by atoms with Gasteiger partial charge in [0.05, 0.1) is 11.1 Å². The van der Waals surface area contributed by atoms with Crippen LogP contribution in [-0.4, -0.2) is 16.1 Å². The second-order valence-electron chi connectivity index (χ2n) is 5.14. The number of halogens is 4. The number of carbonyl (C=O) groups excluding carboxylic acids is 1. The smallest absolute Gasteiger partial charge is 0.416 e. The lowest BCUT2D eigenvalue weighted by Crippen LogP contribution is -2.07. The standard InChI is InChI=1S/C17H10F4N2O3/c18-13-4-2-1-3-12(13)16(24)25-9-14-22-15(23-26-14)10-5-7-11(8-6-10)17(19,20)21/h1-8H,9H2. The van der Waals surface area contributed by atoms with Crippen LogP contribution in [0.3, 0.4) is 0 Å². The van der Waals surface area contributed by atoms with Crippen molar-refractivity contribution in [2.75, 3.05) is 0 Å². The van der Waals surface area contributed by atoms with Gasteiger partial charge in [-0.15, -0.1) is 0 Å². The van der Waals surface area contributed by atoms with Crippen molar-refractivity contribution in [1.82, 2.24) is 10.1 Å². The Morgan fingerprint density at radius 1 is 1.08 bits per heavy atom. The molecule has 1 aromatic heterocycles. The Morgan fingerprint density at radius 3 is 2.42 bits per heavy atom. The highest BCUT2D eigenvalue weighted by Gasteiger charge is 2.30. The lowest BCUT2D eigenvalue weighted by Gasteiger charge is -2.05. The summed E-state index contributed by atoms with van der Waals surface area (Å²) < 4.78 is 60.9. The third kappa shape index (κ3) is 3.88. The molecule has 3 rings (SSSR count). The first-order valence-corrected chi connectivity index (χ1v) is 7.26. The summed E-state index contributed by atoms with van der Waals surface area (Å²) in [4.78, 5) is 15.7. The second kappa shape index (κ2) is 6.95. The fourth-order valence-electron chi connectivity index (χ4n) is 2.07. The normalized spacial score (nSPS) is 11.4. The third-order valence-electron chi connectivity index (χ3n) is 3.36. The minimum Gasteiger partial charge on any atom is -0.452 e. The molecule has 0 aliphatic rings. The molecule has 0 saturated heterocycles. The fraction of sp³-hybridized carbons (Fsp3) is 0.118. The van der Waals surface area contributed by atoms with Crippen molar-refractivity contribution in [2.45, 2.75) is 12.8 Å². The molecule has 0 bridgehead atoms. The first-order valence-electron chi connectivity index (χ1n) is 7.26. The van der Waals surface area contributed by atoms with Crippen molar-refractivity contribution in [3.63, 3.8) is 0 Å². The predicted octanol–water partition coefficient (Wildman–Crippen LogP) is 4.25. The molecule has 3 aromatic rings. The van der Waals surface area contributed by atoms with Gasteiger partial charge in [-0.2, -0.15) is 18.2 Å². The van der Waals surface area contributed by atoms with E-state index in [1.54, 1.807) is 0 Å². The number of ether oxygens (including phenoxy) is 1. The van der Waals surface area contributed by atoms with Gasteiger partial charge >= 0.3 is 12.1 Å². The van der Waals surface area contributed by atoms with Gasteiger partial charge in [-0.25, -0.2) is 9.18 Å². The Labute approximate surface area is 144 Å². The van der Waals surface area contributed by atoms with E-state index in [1.165, 1.54) is 30.3 Å². The van der Waals surface area contributed by atoms with Gasteiger partial charge in [-0.3, -0.25) is 0 Å². The lowest BCUT2D eigenvalue weighted by molar-refractivity contribution is -0.137. The highest BCUT2D eigenvalue weighted by atomic mass is 19.4. The molecule has 0 aliphatic heterocycles. The van der Waals surface area contributed by atoms with Crippen LogP contribution in [0, 0.1) is 5.82 Å². The Bertz CT molecular complexity index is 920. The van der Waals surface area contributed by atoms with E-state index in [0.29, 0.717) is 5.56 Å². The first kappa shape index (κ1) is 17.6. The van der Waals surface area contributed by atoms with Gasteiger partial charge in [-0.1, -0.05) is 29.4 Å². The molecule has 1 heterocycles. The van der Waals surface area contributed by atoms with Crippen molar-refractivity contribution < 1.29 is 31.6 Å². The largest absolute Gasteiger partial charge is 0.452 e. The summed E-state index contributed by atoms with van der Waals surface area (Å²) in [6.07, 6.45) is -4.44. The molecule has 0 N–H and O–H groups in total. The average molecular weight is 366 g/mol. The molecule has 26 heavy (non-hydrogen) atoms. The number of hydrogen-bond acceptors (Lipinski definition) is 5. The monoisotopic (exact) mass is 366 g/mol. The molecular weight excluding hydrogens is 356 g/mol. The average Bonchev–Trinajstić information content (AvgIpc) is 3.08. The van der Waals surface area contributed by atoms with Gasteiger partial charge in [0, 0.05) is 5.56 Å². The summed E-state index contributed by atoms with van der Waals surface area (Å²) in [5, 5.41) is 3.61. The Balaban J connectivity index is 1.67. The zero-order valence-electron chi connectivity index (χ0n) is 13.0. The summed E-state index contributed by atoms with van der Waals surface area (Å²) >= 11 is 0. The van der Waals surface area contributed by atoms with E-state index in [0.717, 1.165) is 18.2 Å². The molecule has 0 saturated carbocycles. The van der Waals surface area contributed by atoms with E-state index in [2.05, 4.69) is 10.1 Å². The summed E-state index contributed by atoms with van der Waals surface area (Å²) in [6.45, 7) is -0.402. The summed E-state index contributed by atoms with van der Waals surface area (Å²) in [5.74, 6) is -1.67. The van der Waals surface area contributed by atoms with E-state index in [4.69, 9.17) is 9.26 Å². The summed E-state index contributed by atoms with van der Waals surface area (Å²) in [7, 11) is 0. The Hall–Kier alpha value is -3.23. The maximum atomic E-state index is 13.5. The molecule has 9 heteroatoms. The fourth-order valence-corrected chi connectivity index (χ4v) is 2.07. The van der Waals surface area contributed by atoms with Crippen LogP contribution in [0.1, 0.15) is 21.8 Å². The number of hydrogen-bond donors (Lipinski definition) is 0. The summed E-state index contributed by atoms with van der Waals surface area (Å²) in [6, 6.07) is 9.47. The van der Waals surface area contributed by atoms with E-state index >= 15 is 0 Å². The van der Waals surface area contributed by atoms with E-state index in [-0.39, 0.29) is 17.3 Å². The molecule has 0 radical (unpaired) electrons. The molecule has 134 valence electrons. The van der Waals surface area contributed by atoms with Crippen LogP contribution < -0.4 is 0 Å². The molecule has 0 aliphatic carbocycles. The third-order valence-corrected chi connectivity index (χ3v) is 3.36. The molecule has 0 spiro atoms. The molecule has 0 fully saturated rings. The summed E-state index contributed by atoms with van der Waals surface area (Å²) in [5.41, 5.74) is -0.743. The van der Waals surface area contributed by atoms with Crippen LogP contribution in [0.15, 0.2) is 53.1 Å². The van der Waals surface area contributed by atoms with Gasteiger partial charge in [-0.05, 0) is 24.3 Å². The highest BCUT2D eigenvalue weighted by molar-refractivity contribution is 5.89. The zero-order valence-corrected chi connectivity index (χ0v) is 13.0. The van der Waals surface area contributed by atoms with E-state index in [9.17, 15) is 22.4 Å². The van der Waals surface area contributed by atoms with Crippen LogP contribution in [0.4, 0.5) is 17.6 Å². The number of nitrogens with zero attached hydrogens (tertiary/aromatic N) is 2. The quantitative estimate of drug-likeness (QED) is 0.510. The van der Waals surface area contributed by atoms with E-state index in [1.807, 2.05) is 0 Å². The molecule has 0 unspecified atom stereocenters. The van der Waals surface area contributed by atoms with Crippen LogP contribution in [0.25, 0.3) is 11.4 Å². The maximum absolute atomic E-state index is 13.5. The minimum atomic E-state index is -4.44. The van der Waals surface area contributed by atoms with Crippen molar-refractivity contribution in [3.8, 4) is 11.4 Å².